The zero-order chi connectivity index (χ0) is 16.5. The summed E-state index contributed by atoms with van der Waals surface area (Å²) in [6, 6.07) is 0.614. The van der Waals surface area contributed by atoms with Crippen LogP contribution in [0.2, 0.25) is 0 Å². The first-order valence-electron chi connectivity index (χ1n) is 9.14. The third-order valence-electron chi connectivity index (χ3n) is 4.62. The third kappa shape index (κ3) is 7.03. The summed E-state index contributed by atoms with van der Waals surface area (Å²) in [6.45, 7) is 4.13. The molecule has 0 spiro atoms. The molecule has 134 valence electrons. The number of nitrogens with one attached hydrogen (secondary N) is 6. The van der Waals surface area contributed by atoms with Crippen molar-refractivity contribution in [2.24, 2.45) is 0 Å². The summed E-state index contributed by atoms with van der Waals surface area (Å²) in [7, 11) is 1.97. The van der Waals surface area contributed by atoms with Crippen LogP contribution in [0.1, 0.15) is 51.9 Å². The van der Waals surface area contributed by atoms with Crippen molar-refractivity contribution >= 4 is 6.03 Å². The maximum Gasteiger partial charge on any atom is 0.317 e. The second-order valence-corrected chi connectivity index (χ2v) is 6.82. The molecule has 0 radical (unpaired) electrons. The molecule has 0 aromatic rings. The van der Waals surface area contributed by atoms with Crippen molar-refractivity contribution in [1.29, 1.82) is 0 Å². The molecule has 0 bridgehead atoms. The Kier molecular flexibility index (Phi) is 8.08. The Bertz CT molecular complexity index is 347. The topological polar surface area (TPSA) is 89.2 Å². The molecule has 23 heavy (non-hydrogen) atoms. The molecule has 1 heterocycles. The van der Waals surface area contributed by atoms with E-state index in [0.29, 0.717) is 12.1 Å². The minimum atomic E-state index is -0.191. The van der Waals surface area contributed by atoms with Gasteiger partial charge < -0.3 is 21.3 Å². The second-order valence-electron chi connectivity index (χ2n) is 6.82. The Morgan fingerprint density at radius 3 is 2.61 bits per heavy atom. The largest absolute Gasteiger partial charge is 0.335 e. The summed E-state index contributed by atoms with van der Waals surface area (Å²) in [4.78, 5) is 12.2. The van der Waals surface area contributed by atoms with E-state index in [2.05, 4.69) is 38.8 Å². The van der Waals surface area contributed by atoms with Gasteiger partial charge in [0, 0.05) is 12.1 Å². The zero-order valence-electron chi connectivity index (χ0n) is 14.6. The van der Waals surface area contributed by atoms with Crippen LogP contribution in [0.5, 0.6) is 0 Å². The van der Waals surface area contributed by atoms with Gasteiger partial charge in [-0.2, -0.15) is 0 Å². The molecule has 3 atom stereocenters. The lowest BCUT2D eigenvalue weighted by Gasteiger charge is -2.37. The van der Waals surface area contributed by atoms with Crippen LogP contribution in [0, 0.1) is 0 Å². The summed E-state index contributed by atoms with van der Waals surface area (Å²) < 4.78 is 0. The predicted octanol–water partition coefficient (Wildman–Crippen LogP) is 0.399. The van der Waals surface area contributed by atoms with E-state index in [-0.39, 0.29) is 18.5 Å². The molecule has 1 saturated carbocycles. The first-order valence-corrected chi connectivity index (χ1v) is 9.14. The van der Waals surface area contributed by atoms with Crippen LogP contribution < -0.4 is 31.9 Å². The molecule has 1 aliphatic heterocycles. The monoisotopic (exact) mass is 326 g/mol. The fraction of sp³-hybridized carbons (Fsp3) is 0.938. The molecule has 2 amide bonds. The molecule has 1 aliphatic carbocycles. The van der Waals surface area contributed by atoms with Crippen LogP contribution >= 0.6 is 0 Å². The number of hydrogen-bond acceptors (Lipinski definition) is 5. The molecule has 2 rings (SSSR count). The first kappa shape index (κ1) is 18.4. The Balaban J connectivity index is 1.69. The standard InChI is InChI=1S/C16H34N6O/c1-12-11-14(18-10-6-9-17-2)21-15(19-12)22-16(23)20-13-7-4-3-5-8-13/h12-15,17-19,21H,3-11H2,1-2H3,(H2,20,22,23). The van der Waals surface area contributed by atoms with E-state index in [0.717, 1.165) is 38.8 Å². The molecule has 3 unspecified atom stereocenters. The lowest BCUT2D eigenvalue weighted by Crippen LogP contribution is -2.68. The number of rotatable bonds is 7. The fourth-order valence-corrected chi connectivity index (χ4v) is 3.40. The normalized spacial score (nSPS) is 29.2. The predicted molar refractivity (Wildman–Crippen MR) is 93.0 cm³/mol. The van der Waals surface area contributed by atoms with Crippen molar-refractivity contribution in [3.8, 4) is 0 Å². The minimum Gasteiger partial charge on any atom is -0.335 e. The van der Waals surface area contributed by atoms with Crippen molar-refractivity contribution < 1.29 is 4.79 Å². The maximum atomic E-state index is 12.2. The van der Waals surface area contributed by atoms with Gasteiger partial charge in [0.25, 0.3) is 0 Å². The highest BCUT2D eigenvalue weighted by molar-refractivity contribution is 5.74. The molecule has 6 N–H and O–H groups in total. The number of urea groups is 1. The average molecular weight is 326 g/mol. The number of carbonyl (C=O) groups is 1. The van der Waals surface area contributed by atoms with Gasteiger partial charge in [-0.05, 0) is 52.7 Å². The van der Waals surface area contributed by atoms with E-state index in [1.54, 1.807) is 0 Å². The Labute approximate surface area is 140 Å². The Morgan fingerprint density at radius 1 is 1.09 bits per heavy atom. The summed E-state index contributed by atoms with van der Waals surface area (Å²) in [6.07, 6.45) is 8.08. The van der Waals surface area contributed by atoms with Crippen LogP contribution in [-0.2, 0) is 0 Å². The van der Waals surface area contributed by atoms with Gasteiger partial charge in [-0.15, -0.1) is 0 Å². The lowest BCUT2D eigenvalue weighted by molar-refractivity contribution is 0.184. The second kappa shape index (κ2) is 10.1. The summed E-state index contributed by atoms with van der Waals surface area (Å²) in [5, 5.41) is 19.6. The van der Waals surface area contributed by atoms with Crippen molar-refractivity contribution in [3.63, 3.8) is 0 Å². The van der Waals surface area contributed by atoms with Crippen molar-refractivity contribution in [1.82, 2.24) is 31.9 Å². The SMILES string of the molecule is CNCCCNC1CC(C)NC(NC(=O)NC2CCCCC2)N1. The quantitative estimate of drug-likeness (QED) is 0.381. The zero-order valence-corrected chi connectivity index (χ0v) is 14.6. The van der Waals surface area contributed by atoms with Crippen LogP contribution in [0.3, 0.4) is 0 Å². The molecular weight excluding hydrogens is 292 g/mol. The smallest absolute Gasteiger partial charge is 0.317 e. The van der Waals surface area contributed by atoms with E-state index in [1.165, 1.54) is 19.3 Å². The van der Waals surface area contributed by atoms with Gasteiger partial charge in [-0.3, -0.25) is 10.6 Å². The van der Waals surface area contributed by atoms with Gasteiger partial charge in [0.15, 0.2) is 0 Å². The first-order chi connectivity index (χ1) is 11.2. The highest BCUT2D eigenvalue weighted by Gasteiger charge is 2.26. The van der Waals surface area contributed by atoms with Crippen LogP contribution in [0.4, 0.5) is 4.79 Å². The molecule has 0 aromatic carbocycles. The number of amides is 2. The molecule has 2 fully saturated rings. The van der Waals surface area contributed by atoms with E-state index in [9.17, 15) is 4.79 Å². The van der Waals surface area contributed by atoms with E-state index >= 15 is 0 Å². The fourth-order valence-electron chi connectivity index (χ4n) is 3.40. The third-order valence-corrected chi connectivity index (χ3v) is 4.62. The molecule has 2 aliphatic rings. The number of hydrogen-bond donors (Lipinski definition) is 6. The van der Waals surface area contributed by atoms with Gasteiger partial charge in [0.2, 0.25) is 0 Å². The van der Waals surface area contributed by atoms with Crippen molar-refractivity contribution in [3.05, 3.63) is 0 Å². The van der Waals surface area contributed by atoms with Crippen molar-refractivity contribution in [2.75, 3.05) is 20.1 Å². The summed E-state index contributed by atoms with van der Waals surface area (Å²) in [5.41, 5.74) is 0. The maximum absolute atomic E-state index is 12.2. The highest BCUT2D eigenvalue weighted by atomic mass is 16.2. The van der Waals surface area contributed by atoms with E-state index < -0.39 is 0 Å². The average Bonchev–Trinajstić information content (AvgIpc) is 2.52. The van der Waals surface area contributed by atoms with Gasteiger partial charge in [0.05, 0.1) is 6.17 Å². The van der Waals surface area contributed by atoms with Gasteiger partial charge in [-0.25, -0.2) is 4.79 Å². The summed E-state index contributed by atoms with van der Waals surface area (Å²) >= 11 is 0. The van der Waals surface area contributed by atoms with Gasteiger partial charge in [-0.1, -0.05) is 19.3 Å². The summed E-state index contributed by atoms with van der Waals surface area (Å²) in [5.74, 6) is 0. The van der Waals surface area contributed by atoms with Crippen LogP contribution in [0.15, 0.2) is 0 Å². The Morgan fingerprint density at radius 2 is 1.87 bits per heavy atom. The highest BCUT2D eigenvalue weighted by Crippen LogP contribution is 2.17. The Hall–Kier alpha value is -0.890. The van der Waals surface area contributed by atoms with E-state index in [1.807, 2.05) is 7.05 Å². The van der Waals surface area contributed by atoms with Gasteiger partial charge >= 0.3 is 6.03 Å². The van der Waals surface area contributed by atoms with Gasteiger partial charge in [0.1, 0.15) is 6.29 Å². The molecule has 7 nitrogen and oxygen atoms in total. The lowest BCUT2D eigenvalue weighted by atomic mass is 9.96. The van der Waals surface area contributed by atoms with Crippen LogP contribution in [0.25, 0.3) is 0 Å². The minimum absolute atomic E-state index is 0.0788. The molecule has 7 heteroatoms. The molecular formula is C16H34N6O. The number of carbonyl (C=O) groups excluding carboxylic acids is 1. The van der Waals surface area contributed by atoms with Crippen molar-refractivity contribution in [2.45, 2.75) is 76.4 Å². The molecule has 0 aromatic heterocycles. The van der Waals surface area contributed by atoms with Crippen LogP contribution in [-0.4, -0.2) is 50.7 Å². The molecule has 1 saturated heterocycles. The van der Waals surface area contributed by atoms with E-state index in [4.69, 9.17) is 0 Å².